The van der Waals surface area contributed by atoms with Gasteiger partial charge in [-0.1, -0.05) is 54.6 Å². The van der Waals surface area contributed by atoms with E-state index in [1.165, 1.54) is 10.9 Å². The highest BCUT2D eigenvalue weighted by Crippen LogP contribution is 2.33. The molecule has 1 N–H and O–H groups in total. The molecule has 34 heavy (non-hydrogen) atoms. The van der Waals surface area contributed by atoms with Crippen LogP contribution in [0.1, 0.15) is 49.0 Å². The Balaban J connectivity index is 1.78. The molecular weight excluding hydrogens is 460 g/mol. The van der Waals surface area contributed by atoms with E-state index in [9.17, 15) is 22.0 Å². The van der Waals surface area contributed by atoms with E-state index < -0.39 is 27.7 Å². The zero-order chi connectivity index (χ0) is 24.5. The molecule has 1 aliphatic carbocycles. The summed E-state index contributed by atoms with van der Waals surface area (Å²) in [6.45, 7) is 3.71. The van der Waals surface area contributed by atoms with E-state index in [0.717, 1.165) is 16.7 Å². The van der Waals surface area contributed by atoms with E-state index in [-0.39, 0.29) is 18.0 Å². The van der Waals surface area contributed by atoms with Gasteiger partial charge in [0, 0.05) is 23.6 Å². The number of nitrogens with one attached hydrogen (secondary N) is 1. The molecule has 2 unspecified atom stereocenters. The first kappa shape index (κ1) is 24.2. The first-order valence-corrected chi connectivity index (χ1v) is 12.8. The average molecular weight is 488 g/mol. The largest absolute Gasteiger partial charge is 0.350 e. The van der Waals surface area contributed by atoms with Crippen LogP contribution in [0, 0.1) is 0 Å². The SMILES string of the molecule is CC(C)n1cnc2c(c1=O)C(Cc1cccc(-c3ccccc3)c1)C(NS(=O)(=O)C(F)F)CC2. The van der Waals surface area contributed by atoms with Gasteiger partial charge in [0.15, 0.2) is 0 Å². The van der Waals surface area contributed by atoms with Crippen molar-refractivity contribution in [3.8, 4) is 11.1 Å². The molecule has 1 aliphatic rings. The first-order chi connectivity index (χ1) is 16.2. The summed E-state index contributed by atoms with van der Waals surface area (Å²) in [6, 6.07) is 16.5. The fourth-order valence-electron chi connectivity index (χ4n) is 4.56. The normalized spacial score (nSPS) is 18.3. The van der Waals surface area contributed by atoms with Gasteiger partial charge in [0.05, 0.1) is 12.0 Å². The molecule has 0 fully saturated rings. The van der Waals surface area contributed by atoms with Crippen LogP contribution in [-0.2, 0) is 22.9 Å². The van der Waals surface area contributed by atoms with Crippen LogP contribution in [0.15, 0.2) is 65.7 Å². The Morgan fingerprint density at radius 3 is 2.47 bits per heavy atom. The minimum atomic E-state index is -4.83. The Morgan fingerprint density at radius 2 is 1.79 bits per heavy atom. The van der Waals surface area contributed by atoms with Gasteiger partial charge in [0.1, 0.15) is 0 Å². The monoisotopic (exact) mass is 487 g/mol. The predicted octanol–water partition coefficient (Wildman–Crippen LogP) is 4.27. The van der Waals surface area contributed by atoms with Crippen molar-refractivity contribution in [3.63, 3.8) is 0 Å². The molecule has 9 heteroatoms. The maximum absolute atomic E-state index is 13.4. The Kier molecular flexibility index (Phi) is 6.95. The molecule has 2 atom stereocenters. The highest BCUT2D eigenvalue weighted by Gasteiger charge is 2.38. The molecule has 0 radical (unpaired) electrons. The lowest BCUT2D eigenvalue weighted by atomic mass is 9.78. The van der Waals surface area contributed by atoms with Gasteiger partial charge in [0.25, 0.3) is 15.6 Å². The average Bonchev–Trinajstić information content (AvgIpc) is 2.81. The first-order valence-electron chi connectivity index (χ1n) is 11.2. The van der Waals surface area contributed by atoms with E-state index in [1.807, 2.05) is 68.4 Å². The third kappa shape index (κ3) is 4.95. The number of fused-ring (bicyclic) bond motifs is 1. The number of nitrogens with zero attached hydrogens (tertiary/aromatic N) is 2. The molecule has 3 aromatic rings. The number of hydrogen-bond donors (Lipinski definition) is 1. The van der Waals surface area contributed by atoms with Crippen molar-refractivity contribution >= 4 is 10.0 Å². The summed E-state index contributed by atoms with van der Waals surface area (Å²) < 4.78 is 54.1. The number of rotatable bonds is 7. The Bertz CT molecular complexity index is 1320. The second-order valence-corrected chi connectivity index (χ2v) is 10.5. The molecule has 180 valence electrons. The van der Waals surface area contributed by atoms with Gasteiger partial charge in [-0.2, -0.15) is 8.78 Å². The molecule has 1 heterocycles. The number of sulfonamides is 1. The molecule has 0 saturated heterocycles. The zero-order valence-corrected chi connectivity index (χ0v) is 19.8. The molecule has 0 amide bonds. The third-order valence-corrected chi connectivity index (χ3v) is 7.36. The van der Waals surface area contributed by atoms with Gasteiger partial charge in [-0.25, -0.2) is 18.1 Å². The van der Waals surface area contributed by atoms with Crippen LogP contribution in [-0.4, -0.2) is 29.8 Å². The number of alkyl halides is 2. The summed E-state index contributed by atoms with van der Waals surface area (Å²) in [5, 5.41) is 0. The minimum Gasteiger partial charge on any atom is -0.296 e. The molecule has 0 bridgehead atoms. The zero-order valence-electron chi connectivity index (χ0n) is 19.0. The smallest absolute Gasteiger partial charge is 0.296 e. The summed E-state index contributed by atoms with van der Waals surface area (Å²) in [6.07, 6.45) is 2.42. The molecule has 0 spiro atoms. The third-order valence-electron chi connectivity index (χ3n) is 6.26. The van der Waals surface area contributed by atoms with Crippen molar-refractivity contribution in [1.82, 2.24) is 14.3 Å². The summed E-state index contributed by atoms with van der Waals surface area (Å²) >= 11 is 0. The Labute approximate surface area is 197 Å². The number of benzene rings is 2. The van der Waals surface area contributed by atoms with Gasteiger partial charge >= 0.3 is 5.76 Å². The lowest BCUT2D eigenvalue weighted by Crippen LogP contribution is -2.47. The van der Waals surface area contributed by atoms with Gasteiger partial charge in [-0.15, -0.1) is 0 Å². The molecule has 1 aromatic heterocycles. The topological polar surface area (TPSA) is 81.1 Å². The van der Waals surface area contributed by atoms with Crippen LogP contribution in [0.4, 0.5) is 8.78 Å². The van der Waals surface area contributed by atoms with Gasteiger partial charge in [-0.3, -0.25) is 9.36 Å². The van der Waals surface area contributed by atoms with Crippen molar-refractivity contribution in [2.75, 3.05) is 0 Å². The van der Waals surface area contributed by atoms with Crippen molar-refractivity contribution < 1.29 is 17.2 Å². The number of hydrogen-bond acceptors (Lipinski definition) is 4. The highest BCUT2D eigenvalue weighted by molar-refractivity contribution is 7.89. The lowest BCUT2D eigenvalue weighted by Gasteiger charge is -2.33. The lowest BCUT2D eigenvalue weighted by molar-refractivity contribution is 0.230. The van der Waals surface area contributed by atoms with E-state index in [0.29, 0.717) is 24.1 Å². The number of aromatic nitrogens is 2. The van der Waals surface area contributed by atoms with Crippen molar-refractivity contribution in [3.05, 3.63) is 88.1 Å². The van der Waals surface area contributed by atoms with Crippen LogP contribution in [0.5, 0.6) is 0 Å². The standard InChI is InChI=1S/C25H27F2N3O3S/c1-16(2)30-15-28-22-12-11-21(29-34(32,33)25(26)27)20(23(22)24(30)31)14-17-7-6-10-19(13-17)18-8-4-3-5-9-18/h3-10,13,15-16,20-21,25,29H,11-12,14H2,1-2H3. The summed E-state index contributed by atoms with van der Waals surface area (Å²) in [5.41, 5.74) is 3.61. The summed E-state index contributed by atoms with van der Waals surface area (Å²) in [5.74, 6) is -4.17. The van der Waals surface area contributed by atoms with Gasteiger partial charge < -0.3 is 0 Å². The van der Waals surface area contributed by atoms with Gasteiger partial charge in [-0.05, 0) is 49.8 Å². The molecule has 6 nitrogen and oxygen atoms in total. The van der Waals surface area contributed by atoms with E-state index in [1.54, 1.807) is 0 Å². The molecule has 0 aliphatic heterocycles. The fourth-order valence-corrected chi connectivity index (χ4v) is 5.37. The number of aryl methyl sites for hydroxylation is 1. The Hall–Kier alpha value is -2.91. The van der Waals surface area contributed by atoms with Crippen LogP contribution in [0.25, 0.3) is 11.1 Å². The van der Waals surface area contributed by atoms with E-state index >= 15 is 0 Å². The van der Waals surface area contributed by atoms with Crippen molar-refractivity contribution in [2.24, 2.45) is 0 Å². The van der Waals surface area contributed by atoms with Crippen LogP contribution >= 0.6 is 0 Å². The highest BCUT2D eigenvalue weighted by atomic mass is 32.2. The second kappa shape index (κ2) is 9.76. The van der Waals surface area contributed by atoms with Gasteiger partial charge in [0.2, 0.25) is 0 Å². The molecular formula is C25H27F2N3O3S. The minimum absolute atomic E-state index is 0.148. The molecule has 0 saturated carbocycles. The van der Waals surface area contributed by atoms with Crippen molar-refractivity contribution in [1.29, 1.82) is 0 Å². The molecule has 2 aromatic carbocycles. The van der Waals surface area contributed by atoms with Crippen LogP contribution < -0.4 is 10.3 Å². The fraction of sp³-hybridized carbons (Fsp3) is 0.360. The van der Waals surface area contributed by atoms with E-state index in [4.69, 9.17) is 0 Å². The maximum atomic E-state index is 13.4. The van der Waals surface area contributed by atoms with Crippen LogP contribution in [0.3, 0.4) is 0 Å². The maximum Gasteiger partial charge on any atom is 0.350 e. The number of halogens is 2. The molecule has 4 rings (SSSR count). The quantitative estimate of drug-likeness (QED) is 0.540. The second-order valence-electron chi connectivity index (χ2n) is 8.86. The van der Waals surface area contributed by atoms with E-state index in [2.05, 4.69) is 9.71 Å². The summed E-state index contributed by atoms with van der Waals surface area (Å²) in [4.78, 5) is 17.8. The Morgan fingerprint density at radius 1 is 1.09 bits per heavy atom. The summed E-state index contributed by atoms with van der Waals surface area (Å²) in [7, 11) is -4.83. The van der Waals surface area contributed by atoms with Crippen LogP contribution in [0.2, 0.25) is 0 Å². The predicted molar refractivity (Wildman–Crippen MR) is 127 cm³/mol. The van der Waals surface area contributed by atoms with Crippen molar-refractivity contribution in [2.45, 2.75) is 56.9 Å².